The first-order valence-electron chi connectivity index (χ1n) is 0.597. The van der Waals surface area contributed by atoms with Crippen LogP contribution in [0.2, 0.25) is 0 Å². The molecule has 0 rings (SSSR count). The zero-order valence-corrected chi connectivity index (χ0v) is 2.49. The van der Waals surface area contributed by atoms with E-state index in [0.29, 0.717) is 0 Å². The molecule has 0 radical (unpaired) electrons. The molecule has 0 heterocycles. The number of isocyanates is 1. The van der Waals surface area contributed by atoms with Gasteiger partial charge in [0.15, 0.2) is 0 Å². The minimum atomic E-state index is 0. The Morgan fingerprint density at radius 2 is 2.00 bits per heavy atom. The number of hydrogen-bond acceptors (Lipinski definition) is 2. The number of halogens is 1. The van der Waals surface area contributed by atoms with Gasteiger partial charge < -0.3 is 0 Å². The molecule has 0 aromatic rings. The molecule has 0 atom stereocenters. The third-order valence-corrected chi connectivity index (χ3v) is 0.104. The van der Waals surface area contributed by atoms with Crippen LogP contribution in [0.4, 0.5) is 0 Å². The number of nitrogens with zero attached hydrogens (tertiary/aromatic N) is 1. The van der Waals surface area contributed by atoms with Gasteiger partial charge in [0.05, 0.1) is 0 Å². The summed E-state index contributed by atoms with van der Waals surface area (Å²) in [6, 6.07) is 0. The maximum atomic E-state index is 8.75. The number of hydrogen-bond donors (Lipinski definition) is 0. The molecule has 0 amide bonds. The van der Waals surface area contributed by atoms with Crippen molar-refractivity contribution in [2.24, 2.45) is 4.51 Å². The Labute approximate surface area is 56.6 Å². The van der Waals surface area contributed by atoms with E-state index in [1.54, 1.807) is 0 Å². The van der Waals surface area contributed by atoms with Crippen molar-refractivity contribution in [3.05, 3.63) is 0 Å². The van der Waals surface area contributed by atoms with Crippen LogP contribution in [-0.4, -0.2) is 35.6 Å². The molecule has 0 aliphatic rings. The van der Waals surface area contributed by atoms with Crippen molar-refractivity contribution in [3.63, 3.8) is 0 Å². The van der Waals surface area contributed by atoms with Gasteiger partial charge in [-0.15, -0.1) is 0 Å². The van der Waals surface area contributed by atoms with E-state index in [-0.39, 0.29) is 29.6 Å². The Hall–Kier alpha value is 0.670. The molecule has 0 aliphatic heterocycles. The second-order valence-electron chi connectivity index (χ2n) is 0.176. The molecule has 0 aliphatic carbocycles. The molecule has 5 heavy (non-hydrogen) atoms. The third-order valence-electron chi connectivity index (χ3n) is 0.0345. The standard InChI is InChI=1S/CClNO.Na.H/c2-3-1-4;;. The fraction of sp³-hybridized carbons (Fsp3) is 0. The van der Waals surface area contributed by atoms with Crippen LogP contribution in [0.15, 0.2) is 4.51 Å². The Morgan fingerprint density at radius 1 is 1.80 bits per heavy atom. The average molecular weight is 101 g/mol. The predicted molar refractivity (Wildman–Crippen MR) is 21.1 cm³/mol. The minimum absolute atomic E-state index is 0. The van der Waals surface area contributed by atoms with Crippen molar-refractivity contribution in [1.29, 1.82) is 0 Å². The van der Waals surface area contributed by atoms with Crippen molar-refractivity contribution in [2.45, 2.75) is 0 Å². The molecule has 0 N–H and O–H groups in total. The molecule has 2 nitrogen and oxygen atoms in total. The van der Waals surface area contributed by atoms with Gasteiger partial charge in [0.1, 0.15) is 0 Å². The Morgan fingerprint density at radius 3 is 2.00 bits per heavy atom. The summed E-state index contributed by atoms with van der Waals surface area (Å²) >= 11 is 4.39. The van der Waals surface area contributed by atoms with E-state index in [4.69, 9.17) is 4.79 Å². The molecule has 0 spiro atoms. The van der Waals surface area contributed by atoms with Crippen LogP contribution in [0.5, 0.6) is 0 Å². The normalized spacial score (nSPS) is 3.40. The van der Waals surface area contributed by atoms with Crippen LogP contribution in [0.3, 0.4) is 0 Å². The van der Waals surface area contributed by atoms with Gasteiger partial charge in [-0.25, -0.2) is 4.79 Å². The first-order chi connectivity index (χ1) is 1.91. The molecule has 4 heteroatoms. The molecule has 0 fully saturated rings. The summed E-state index contributed by atoms with van der Waals surface area (Å²) in [4.78, 5) is 8.75. The molecule has 0 aromatic carbocycles. The number of rotatable bonds is 0. The van der Waals surface area contributed by atoms with E-state index in [1.165, 1.54) is 0 Å². The van der Waals surface area contributed by atoms with E-state index < -0.39 is 0 Å². The van der Waals surface area contributed by atoms with Gasteiger partial charge in [-0.3, -0.25) is 0 Å². The summed E-state index contributed by atoms with van der Waals surface area (Å²) in [6.45, 7) is 0. The third kappa shape index (κ3) is 11.9. The van der Waals surface area contributed by atoms with E-state index >= 15 is 0 Å². The molecule has 0 aromatic heterocycles. The van der Waals surface area contributed by atoms with Crippen LogP contribution in [0, 0.1) is 0 Å². The first-order valence-corrected chi connectivity index (χ1v) is 0.935. The van der Waals surface area contributed by atoms with Gasteiger partial charge in [-0.05, 0) is 0 Å². The summed E-state index contributed by atoms with van der Waals surface area (Å²) in [6.07, 6.45) is 1.07. The number of carbonyl (C=O) groups excluding carboxylic acids is 1. The fourth-order valence-corrected chi connectivity index (χ4v) is 0. The molecular formula is CHClNNaO. The van der Waals surface area contributed by atoms with Crippen molar-refractivity contribution >= 4 is 47.4 Å². The van der Waals surface area contributed by atoms with Crippen LogP contribution >= 0.6 is 11.8 Å². The topological polar surface area (TPSA) is 29.4 Å². The fourth-order valence-electron chi connectivity index (χ4n) is 0. The Kier molecular flexibility index (Phi) is 16.2. The summed E-state index contributed by atoms with van der Waals surface area (Å²) in [7, 11) is 0. The van der Waals surface area contributed by atoms with Gasteiger partial charge in [0.25, 0.3) is 6.08 Å². The van der Waals surface area contributed by atoms with Crippen molar-refractivity contribution in [2.75, 3.05) is 0 Å². The monoisotopic (exact) mass is 101 g/mol. The average Bonchev–Trinajstić information content (AvgIpc) is 1.37. The van der Waals surface area contributed by atoms with E-state index in [1.807, 2.05) is 0 Å². The molecule has 0 saturated heterocycles. The molecule has 0 saturated carbocycles. The second kappa shape index (κ2) is 8.82. The summed E-state index contributed by atoms with van der Waals surface area (Å²) in [5.41, 5.74) is 0. The quantitative estimate of drug-likeness (QED) is 0.237. The zero-order valence-electron chi connectivity index (χ0n) is 1.73. The van der Waals surface area contributed by atoms with Gasteiger partial charge >= 0.3 is 29.6 Å². The van der Waals surface area contributed by atoms with Crippen molar-refractivity contribution < 1.29 is 4.79 Å². The Balaban J connectivity index is 0. The van der Waals surface area contributed by atoms with Crippen LogP contribution in [0.25, 0.3) is 0 Å². The molecule has 0 unspecified atom stereocenters. The Bertz CT molecular complexity index is 49.6. The van der Waals surface area contributed by atoms with E-state index in [0.717, 1.165) is 6.08 Å². The molecular weight excluding hydrogens is 100 g/mol. The second-order valence-corrected chi connectivity index (χ2v) is 0.345. The van der Waals surface area contributed by atoms with Crippen molar-refractivity contribution in [3.8, 4) is 0 Å². The predicted octanol–water partition coefficient (Wildman–Crippen LogP) is -0.173. The summed E-state index contributed by atoms with van der Waals surface area (Å²) < 4.78 is 2.40. The van der Waals surface area contributed by atoms with E-state index in [2.05, 4.69) is 16.3 Å². The van der Waals surface area contributed by atoms with Crippen molar-refractivity contribution in [1.82, 2.24) is 0 Å². The summed E-state index contributed by atoms with van der Waals surface area (Å²) in [5.74, 6) is 0. The van der Waals surface area contributed by atoms with Crippen LogP contribution in [-0.2, 0) is 4.79 Å². The van der Waals surface area contributed by atoms with E-state index in [9.17, 15) is 0 Å². The van der Waals surface area contributed by atoms with Gasteiger partial charge in [0, 0.05) is 11.8 Å². The SMILES string of the molecule is O=C=NCl.[NaH]. The first kappa shape index (κ1) is 9.18. The van der Waals surface area contributed by atoms with Crippen LogP contribution in [0.1, 0.15) is 0 Å². The van der Waals surface area contributed by atoms with Gasteiger partial charge in [0.2, 0.25) is 0 Å². The zero-order chi connectivity index (χ0) is 3.41. The van der Waals surface area contributed by atoms with Gasteiger partial charge in [-0.1, -0.05) is 4.51 Å². The maximum absolute atomic E-state index is 8.75. The molecule has 24 valence electrons. The van der Waals surface area contributed by atoms with Gasteiger partial charge in [-0.2, -0.15) is 0 Å². The summed E-state index contributed by atoms with van der Waals surface area (Å²) in [5, 5.41) is 0. The van der Waals surface area contributed by atoms with Crippen LogP contribution < -0.4 is 0 Å². The molecule has 0 bridgehead atoms.